The Morgan fingerprint density at radius 3 is 2.64 bits per heavy atom. The molecular weight excluding hydrogens is 186 g/mol. The van der Waals surface area contributed by atoms with Gasteiger partial charge in [0.1, 0.15) is 0 Å². The van der Waals surface area contributed by atoms with Crippen LogP contribution in [0.3, 0.4) is 0 Å². The Hall–Kier alpha value is 0.250. The minimum atomic E-state index is -3.57. The maximum atomic E-state index is 10.3. The first-order chi connectivity index (χ1) is 5.06. The second kappa shape index (κ2) is 5.84. The van der Waals surface area contributed by atoms with Crippen LogP contribution in [0.1, 0.15) is 13.3 Å². The van der Waals surface area contributed by atoms with Gasteiger partial charge in [0, 0.05) is 13.0 Å². The molecule has 4 nitrogen and oxygen atoms in total. The van der Waals surface area contributed by atoms with Crippen molar-refractivity contribution in [3.05, 3.63) is 0 Å². The molecule has 0 atom stereocenters. The first-order valence-electron chi connectivity index (χ1n) is 3.40. The summed E-state index contributed by atoms with van der Waals surface area (Å²) in [5, 5.41) is 3.07. The van der Waals surface area contributed by atoms with Crippen LogP contribution in [0.5, 0.6) is 0 Å². The Labute approximate surface area is 70.7 Å². The van der Waals surface area contributed by atoms with Gasteiger partial charge in [-0.3, -0.25) is 9.11 Å². The van der Waals surface area contributed by atoms with Crippen LogP contribution < -0.4 is 5.32 Å². The molecule has 0 bridgehead atoms. The molecule has 11 heavy (non-hydrogen) atoms. The van der Waals surface area contributed by atoms with Crippen molar-refractivity contribution in [1.82, 2.24) is 5.32 Å². The Kier molecular flexibility index (Phi) is 5.98. The summed E-state index contributed by atoms with van der Waals surface area (Å²) in [6.07, 6.45) is 0.788. The van der Waals surface area contributed by atoms with E-state index in [1.165, 1.54) is 0 Å². The van der Waals surface area contributed by atoms with E-state index in [1.807, 2.05) is 6.92 Å². The molecule has 6 heteroatoms. The Morgan fingerprint density at radius 1 is 1.55 bits per heavy atom. The molecule has 0 aromatic rings. The van der Waals surface area contributed by atoms with Crippen molar-refractivity contribution in [2.75, 3.05) is 18.8 Å². The van der Waals surface area contributed by atoms with Gasteiger partial charge in [-0.05, 0) is 6.54 Å². The molecular formula is C5H14NO3S2+. The van der Waals surface area contributed by atoms with Crippen molar-refractivity contribution in [3.8, 4) is 0 Å². The van der Waals surface area contributed by atoms with Crippen LogP contribution in [0.15, 0.2) is 0 Å². The second-order valence-electron chi connectivity index (χ2n) is 1.98. The molecule has 0 spiro atoms. The molecule has 0 rings (SSSR count). The standard InChI is InChI=1S/C5H13NO3S2/c1-2-6-4-3-5-10-11(7,8)9/h6H,2-5H2,1H3,(H-,7,8,9)/p+1. The van der Waals surface area contributed by atoms with E-state index in [0.717, 1.165) is 19.5 Å². The van der Waals surface area contributed by atoms with Gasteiger partial charge in [-0.25, -0.2) is 0 Å². The summed E-state index contributed by atoms with van der Waals surface area (Å²) >= 11 is 0. The van der Waals surface area contributed by atoms with Crippen molar-refractivity contribution >= 4 is 19.4 Å². The summed E-state index contributed by atoms with van der Waals surface area (Å²) < 4.78 is 27.1. The molecule has 0 heterocycles. The lowest BCUT2D eigenvalue weighted by atomic mass is 10.5. The zero-order chi connectivity index (χ0) is 8.74. The average Bonchev–Trinajstić information content (AvgIpc) is 1.85. The zero-order valence-electron chi connectivity index (χ0n) is 6.45. The molecule has 0 aromatic heterocycles. The summed E-state index contributed by atoms with van der Waals surface area (Å²) in [5.74, 6) is 0.499. The Bertz CT molecular complexity index is 190. The smallest absolute Gasteiger partial charge is 0.317 e. The van der Waals surface area contributed by atoms with Gasteiger partial charge in [-0.1, -0.05) is 6.92 Å². The fourth-order valence-electron chi connectivity index (χ4n) is 0.541. The van der Waals surface area contributed by atoms with Gasteiger partial charge in [0.05, 0.1) is 0 Å². The van der Waals surface area contributed by atoms with Crippen molar-refractivity contribution in [1.29, 1.82) is 0 Å². The van der Waals surface area contributed by atoms with Gasteiger partial charge >= 0.3 is 9.05 Å². The molecule has 0 radical (unpaired) electrons. The second-order valence-corrected chi connectivity index (χ2v) is 5.53. The minimum absolute atomic E-state index is 0.499. The molecule has 0 unspecified atom stereocenters. The van der Waals surface area contributed by atoms with Gasteiger partial charge in [0.25, 0.3) is 10.3 Å². The lowest BCUT2D eigenvalue weighted by Gasteiger charge is -1.92. The number of rotatable bonds is 5. The molecule has 68 valence electrons. The van der Waals surface area contributed by atoms with Crippen LogP contribution in [-0.2, 0) is 19.4 Å². The third kappa shape index (κ3) is 10.2. The van der Waals surface area contributed by atoms with Crippen LogP contribution in [0.4, 0.5) is 0 Å². The van der Waals surface area contributed by atoms with Gasteiger partial charge < -0.3 is 5.32 Å². The van der Waals surface area contributed by atoms with Crippen LogP contribution in [0.2, 0.25) is 0 Å². The third-order valence-corrected chi connectivity index (χ3v) is 3.17. The van der Waals surface area contributed by atoms with E-state index in [0.29, 0.717) is 16.1 Å². The fraction of sp³-hybridized carbons (Fsp3) is 1.00. The van der Waals surface area contributed by atoms with Crippen molar-refractivity contribution in [3.63, 3.8) is 0 Å². The Morgan fingerprint density at radius 2 is 2.18 bits per heavy atom. The first kappa shape index (κ1) is 11.2. The van der Waals surface area contributed by atoms with E-state index < -0.39 is 9.05 Å². The summed E-state index contributed by atoms with van der Waals surface area (Å²) in [4.78, 5) is 0. The topological polar surface area (TPSA) is 69.6 Å². The van der Waals surface area contributed by atoms with Crippen LogP contribution in [0.25, 0.3) is 0 Å². The van der Waals surface area contributed by atoms with E-state index in [2.05, 4.69) is 5.32 Å². The van der Waals surface area contributed by atoms with E-state index >= 15 is 0 Å². The predicted octanol–water partition coefficient (Wildman–Crippen LogP) is 0.214. The largest absolute Gasteiger partial charge is 0.430 e. The number of nitrogens with one attached hydrogen (secondary N) is 1. The molecule has 0 aliphatic rings. The molecule has 0 amide bonds. The normalized spacial score (nSPS) is 11.5. The minimum Gasteiger partial charge on any atom is -0.317 e. The summed E-state index contributed by atoms with van der Waals surface area (Å²) in [5.41, 5.74) is 0. The third-order valence-electron chi connectivity index (χ3n) is 0.985. The van der Waals surface area contributed by atoms with Gasteiger partial charge in [-0.2, -0.15) is 4.21 Å². The molecule has 0 fully saturated rings. The van der Waals surface area contributed by atoms with E-state index in [4.69, 9.17) is 9.11 Å². The van der Waals surface area contributed by atoms with Crippen LogP contribution in [-0.4, -0.2) is 32.2 Å². The van der Waals surface area contributed by atoms with Gasteiger partial charge in [0.2, 0.25) is 0 Å². The zero-order valence-corrected chi connectivity index (χ0v) is 8.08. The van der Waals surface area contributed by atoms with Crippen LogP contribution >= 0.6 is 0 Å². The van der Waals surface area contributed by atoms with Crippen molar-refractivity contribution < 1.29 is 13.3 Å². The number of hydrogen-bond donors (Lipinski definition) is 3. The average molecular weight is 200 g/mol. The Balaban J connectivity index is 3.36. The lowest BCUT2D eigenvalue weighted by molar-refractivity contribution is 0.450. The monoisotopic (exact) mass is 200 g/mol. The van der Waals surface area contributed by atoms with E-state index in [9.17, 15) is 4.21 Å². The highest BCUT2D eigenvalue weighted by atomic mass is 32.9. The first-order valence-corrected chi connectivity index (χ1v) is 6.38. The lowest BCUT2D eigenvalue weighted by Crippen LogP contribution is -2.15. The van der Waals surface area contributed by atoms with Gasteiger partial charge in [-0.15, -0.1) is 0 Å². The molecule has 0 aliphatic carbocycles. The molecule has 0 aromatic carbocycles. The van der Waals surface area contributed by atoms with Crippen molar-refractivity contribution in [2.45, 2.75) is 13.3 Å². The summed E-state index contributed by atoms with van der Waals surface area (Å²) in [7, 11) is -2.89. The van der Waals surface area contributed by atoms with E-state index in [-0.39, 0.29) is 0 Å². The molecule has 0 aliphatic heterocycles. The molecule has 0 saturated heterocycles. The summed E-state index contributed by atoms with van der Waals surface area (Å²) in [6.45, 7) is 3.71. The molecule has 0 saturated carbocycles. The maximum Gasteiger partial charge on any atom is 0.430 e. The maximum absolute atomic E-state index is 10.3. The molecule has 3 N–H and O–H groups in total. The highest BCUT2D eigenvalue weighted by molar-refractivity contribution is 8.34. The van der Waals surface area contributed by atoms with Crippen LogP contribution in [0, 0.1) is 0 Å². The van der Waals surface area contributed by atoms with E-state index in [1.54, 1.807) is 0 Å². The fourth-order valence-corrected chi connectivity index (χ4v) is 2.03. The summed E-state index contributed by atoms with van der Waals surface area (Å²) in [6, 6.07) is 0. The number of hydrogen-bond acceptors (Lipinski definition) is 2. The van der Waals surface area contributed by atoms with Gasteiger partial charge in [0.15, 0.2) is 5.75 Å². The highest BCUT2D eigenvalue weighted by Gasteiger charge is 2.07. The highest BCUT2D eigenvalue weighted by Crippen LogP contribution is 1.81. The SMILES string of the molecule is CCNCCC[S+]=S(=O)(O)O. The predicted molar refractivity (Wildman–Crippen MR) is 48.8 cm³/mol. The quantitative estimate of drug-likeness (QED) is 0.438. The van der Waals surface area contributed by atoms with Crippen molar-refractivity contribution in [2.24, 2.45) is 0 Å².